The molecule has 1 atom stereocenters. The number of aryl methyl sites for hydroxylation is 2. The van der Waals surface area contributed by atoms with E-state index in [4.69, 9.17) is 14.5 Å². The molecule has 2 amide bonds. The van der Waals surface area contributed by atoms with Crippen molar-refractivity contribution in [1.82, 2.24) is 14.5 Å². The second-order valence-corrected chi connectivity index (χ2v) is 10.5. The summed E-state index contributed by atoms with van der Waals surface area (Å²) in [6, 6.07) is 12.3. The number of pyridine rings is 1. The second-order valence-electron chi connectivity index (χ2n) is 10.5. The summed E-state index contributed by atoms with van der Waals surface area (Å²) in [5.74, 6) is -0.885. The molecule has 2 aromatic heterocycles. The molecule has 2 aliphatic rings. The van der Waals surface area contributed by atoms with Crippen LogP contribution in [0.1, 0.15) is 48.7 Å². The molecule has 0 radical (unpaired) electrons. The van der Waals surface area contributed by atoms with Gasteiger partial charge in [0.1, 0.15) is 5.65 Å². The third kappa shape index (κ3) is 6.12. The topological polar surface area (TPSA) is 115 Å². The largest absolute Gasteiger partial charge is 0.464 e. The number of carbonyl (C=O) groups is 3. The van der Waals surface area contributed by atoms with E-state index in [9.17, 15) is 14.4 Å². The molecule has 2 N–H and O–H groups in total. The number of ether oxygens (including phenoxy) is 2. The fraction of sp³-hybridized carbons (Fsp3) is 0.467. The molecule has 10 nitrogen and oxygen atoms in total. The maximum Gasteiger partial charge on any atom is 0.356 e. The lowest BCUT2D eigenvalue weighted by molar-refractivity contribution is -0.129. The first kappa shape index (κ1) is 27.6. The molecule has 2 fully saturated rings. The van der Waals surface area contributed by atoms with Gasteiger partial charge in [0.2, 0.25) is 11.8 Å². The second kappa shape index (κ2) is 12.5. The van der Waals surface area contributed by atoms with Crippen LogP contribution in [0.3, 0.4) is 0 Å². The highest BCUT2D eigenvalue weighted by molar-refractivity contribution is 6.11. The van der Waals surface area contributed by atoms with Gasteiger partial charge < -0.3 is 29.6 Å². The monoisotopic (exact) mass is 547 g/mol. The van der Waals surface area contributed by atoms with E-state index in [0.717, 1.165) is 31.4 Å². The Morgan fingerprint density at radius 3 is 2.58 bits per heavy atom. The smallest absolute Gasteiger partial charge is 0.356 e. The van der Waals surface area contributed by atoms with Gasteiger partial charge in [0.05, 0.1) is 37.2 Å². The highest BCUT2D eigenvalue weighted by Gasteiger charge is 2.30. The fourth-order valence-corrected chi connectivity index (χ4v) is 5.58. The van der Waals surface area contributed by atoms with Crippen molar-refractivity contribution < 1.29 is 23.9 Å². The highest BCUT2D eigenvalue weighted by atomic mass is 16.5. The van der Waals surface area contributed by atoms with E-state index in [1.807, 2.05) is 33.7 Å². The van der Waals surface area contributed by atoms with E-state index in [0.29, 0.717) is 56.0 Å². The van der Waals surface area contributed by atoms with Crippen molar-refractivity contribution in [2.75, 3.05) is 44.0 Å². The van der Waals surface area contributed by atoms with Gasteiger partial charge in [-0.05, 0) is 43.7 Å². The zero-order valence-corrected chi connectivity index (χ0v) is 23.2. The summed E-state index contributed by atoms with van der Waals surface area (Å²) in [7, 11) is 1.35. The summed E-state index contributed by atoms with van der Waals surface area (Å²) < 4.78 is 12.5. The van der Waals surface area contributed by atoms with Crippen LogP contribution < -0.4 is 10.6 Å². The Morgan fingerprint density at radius 1 is 1.12 bits per heavy atom. The van der Waals surface area contributed by atoms with Crippen molar-refractivity contribution in [3.8, 4) is 0 Å². The van der Waals surface area contributed by atoms with E-state index >= 15 is 0 Å². The number of anilines is 2. The zero-order chi connectivity index (χ0) is 28.1. The highest BCUT2D eigenvalue weighted by Crippen LogP contribution is 2.34. The van der Waals surface area contributed by atoms with Crippen LogP contribution in [-0.4, -0.2) is 71.7 Å². The van der Waals surface area contributed by atoms with Crippen LogP contribution in [0.15, 0.2) is 42.6 Å². The molecule has 0 saturated carbocycles. The van der Waals surface area contributed by atoms with Gasteiger partial charge in [-0.1, -0.05) is 30.3 Å². The minimum atomic E-state index is -0.526. The maximum absolute atomic E-state index is 13.2. The van der Waals surface area contributed by atoms with Crippen LogP contribution in [0.5, 0.6) is 0 Å². The number of aromatic nitrogens is 2. The number of esters is 1. The summed E-state index contributed by atoms with van der Waals surface area (Å²) in [5.41, 5.74) is 3.33. The molecule has 4 heterocycles. The van der Waals surface area contributed by atoms with Crippen molar-refractivity contribution >= 4 is 40.2 Å². The first-order valence-electron chi connectivity index (χ1n) is 14.0. The molecule has 2 saturated heterocycles. The van der Waals surface area contributed by atoms with Gasteiger partial charge in [0, 0.05) is 44.6 Å². The molecule has 5 rings (SSSR count). The number of carbonyl (C=O) groups excluding carboxylic acids is 3. The van der Waals surface area contributed by atoms with Gasteiger partial charge in [-0.3, -0.25) is 9.59 Å². The molecule has 3 aromatic rings. The standard InChI is InChI=1S/C30H37N5O5/c1-20(36)34-14-10-23(11-15-34)32-24-17-25-26(33-29(37)22-12-16-40-19-22)27(30(38)39-2)35(28(25)31-18-24)13-6-9-21-7-4-3-5-8-21/h3-5,7-8,17-18,22-23,32H,6,9-16,19H2,1-2H3,(H,33,37)/t22-/m1/s1. The van der Waals surface area contributed by atoms with Crippen molar-refractivity contribution in [3.05, 3.63) is 53.9 Å². The molecule has 1 aromatic carbocycles. The minimum Gasteiger partial charge on any atom is -0.464 e. The average Bonchev–Trinajstić information content (AvgIpc) is 3.61. The lowest BCUT2D eigenvalue weighted by Crippen LogP contribution is -2.41. The predicted molar refractivity (Wildman–Crippen MR) is 152 cm³/mol. The third-order valence-electron chi connectivity index (χ3n) is 7.83. The van der Waals surface area contributed by atoms with Gasteiger partial charge in [-0.25, -0.2) is 9.78 Å². The number of fused-ring (bicyclic) bond motifs is 1. The summed E-state index contributed by atoms with van der Waals surface area (Å²) in [6.45, 7) is 4.44. The van der Waals surface area contributed by atoms with Crippen LogP contribution in [0.4, 0.5) is 11.4 Å². The average molecular weight is 548 g/mol. The molecule has 0 unspecified atom stereocenters. The van der Waals surface area contributed by atoms with Gasteiger partial charge in [0.25, 0.3) is 0 Å². The van der Waals surface area contributed by atoms with Gasteiger partial charge >= 0.3 is 5.97 Å². The lowest BCUT2D eigenvalue weighted by atomic mass is 10.0. The lowest BCUT2D eigenvalue weighted by Gasteiger charge is -2.32. The number of hydrogen-bond acceptors (Lipinski definition) is 7. The maximum atomic E-state index is 13.2. The summed E-state index contributed by atoms with van der Waals surface area (Å²) in [6.07, 6.45) is 5.68. The Morgan fingerprint density at radius 2 is 1.90 bits per heavy atom. The Labute approximate surface area is 234 Å². The molecule has 0 aliphatic carbocycles. The van der Waals surface area contributed by atoms with Gasteiger partial charge in [-0.15, -0.1) is 0 Å². The number of piperidine rings is 1. The molecule has 0 spiro atoms. The molecule has 0 bridgehead atoms. The molecule has 2 aliphatic heterocycles. The van der Waals surface area contributed by atoms with E-state index < -0.39 is 5.97 Å². The first-order valence-corrected chi connectivity index (χ1v) is 14.0. The Hall–Kier alpha value is -3.92. The number of rotatable bonds is 9. The minimum absolute atomic E-state index is 0.0959. The molecule has 10 heteroatoms. The Bertz CT molecular complexity index is 1360. The SMILES string of the molecule is COC(=O)c1c(NC(=O)[C@@H]2CCOC2)c2cc(NC3CCN(C(C)=O)CC3)cnc2n1CCCc1ccccc1. The number of methoxy groups -OCH3 is 1. The quantitative estimate of drug-likeness (QED) is 0.391. The molecular formula is C30H37N5O5. The number of benzene rings is 1. The first-order chi connectivity index (χ1) is 19.4. The zero-order valence-electron chi connectivity index (χ0n) is 23.2. The molecule has 40 heavy (non-hydrogen) atoms. The van der Waals surface area contributed by atoms with Crippen LogP contribution in [0.2, 0.25) is 0 Å². The van der Waals surface area contributed by atoms with E-state index in [1.165, 1.54) is 12.7 Å². The predicted octanol–water partition coefficient (Wildman–Crippen LogP) is 3.85. The van der Waals surface area contributed by atoms with Crippen LogP contribution in [0, 0.1) is 5.92 Å². The van der Waals surface area contributed by atoms with E-state index in [-0.39, 0.29) is 29.5 Å². The number of likely N-dealkylation sites (tertiary alicyclic amines) is 1. The Balaban J connectivity index is 1.46. The van der Waals surface area contributed by atoms with Crippen LogP contribution in [-0.2, 0) is 32.0 Å². The van der Waals surface area contributed by atoms with Gasteiger partial charge in [-0.2, -0.15) is 0 Å². The van der Waals surface area contributed by atoms with Crippen molar-refractivity contribution in [1.29, 1.82) is 0 Å². The number of hydrogen-bond donors (Lipinski definition) is 2. The summed E-state index contributed by atoms with van der Waals surface area (Å²) in [5, 5.41) is 7.26. The van der Waals surface area contributed by atoms with Crippen LogP contribution >= 0.6 is 0 Å². The normalized spacial score (nSPS) is 17.6. The number of nitrogens with zero attached hydrogens (tertiary/aromatic N) is 3. The third-order valence-corrected chi connectivity index (χ3v) is 7.83. The van der Waals surface area contributed by atoms with E-state index in [1.54, 1.807) is 13.1 Å². The summed E-state index contributed by atoms with van der Waals surface area (Å²) >= 11 is 0. The number of amides is 2. The van der Waals surface area contributed by atoms with Crippen molar-refractivity contribution in [3.63, 3.8) is 0 Å². The van der Waals surface area contributed by atoms with Crippen molar-refractivity contribution in [2.45, 2.75) is 51.6 Å². The number of nitrogens with one attached hydrogen (secondary N) is 2. The van der Waals surface area contributed by atoms with Crippen molar-refractivity contribution in [2.24, 2.45) is 5.92 Å². The molecule has 212 valence electrons. The van der Waals surface area contributed by atoms with E-state index in [2.05, 4.69) is 22.8 Å². The molecular weight excluding hydrogens is 510 g/mol. The fourth-order valence-electron chi connectivity index (χ4n) is 5.58. The Kier molecular flexibility index (Phi) is 8.64. The van der Waals surface area contributed by atoms with Gasteiger partial charge in [0.15, 0.2) is 5.69 Å². The van der Waals surface area contributed by atoms with Crippen LogP contribution in [0.25, 0.3) is 11.0 Å². The summed E-state index contributed by atoms with van der Waals surface area (Å²) in [4.78, 5) is 44.7.